The molecule has 0 spiro atoms. The topological polar surface area (TPSA) is 105 Å². The van der Waals surface area contributed by atoms with Gasteiger partial charge in [0.05, 0.1) is 6.54 Å². The van der Waals surface area contributed by atoms with Crippen molar-refractivity contribution in [2.24, 2.45) is 5.73 Å². The number of unbranched alkanes of at least 4 members (excludes halogenated alkanes) is 9. The van der Waals surface area contributed by atoms with Crippen LogP contribution in [0.2, 0.25) is 0 Å². The van der Waals surface area contributed by atoms with Crippen LogP contribution in [0.1, 0.15) is 81.5 Å². The molecule has 176 valence electrons. The number of halogens is 1. The number of rotatable bonds is 15. The Bertz CT molecular complexity index is 629. The van der Waals surface area contributed by atoms with E-state index < -0.39 is 11.8 Å². The SMILES string of the molecule is CCCCCCCCCCCCNC(=O)CN(NC(=O)c1ccccc1)C(=O)CN.Cl. The minimum atomic E-state index is -0.520. The minimum Gasteiger partial charge on any atom is -0.354 e. The van der Waals surface area contributed by atoms with Gasteiger partial charge in [0.2, 0.25) is 5.91 Å². The number of hydrazine groups is 1. The first-order valence-electron chi connectivity index (χ1n) is 11.2. The third-order valence-corrected chi connectivity index (χ3v) is 4.90. The van der Waals surface area contributed by atoms with Gasteiger partial charge in [-0.15, -0.1) is 12.4 Å². The van der Waals surface area contributed by atoms with E-state index in [1.54, 1.807) is 30.3 Å². The number of nitrogens with two attached hydrogens (primary N) is 1. The largest absolute Gasteiger partial charge is 0.354 e. The summed E-state index contributed by atoms with van der Waals surface area (Å²) in [5.74, 6) is -1.30. The predicted molar refractivity (Wildman–Crippen MR) is 127 cm³/mol. The zero-order valence-electron chi connectivity index (χ0n) is 18.7. The van der Waals surface area contributed by atoms with E-state index in [0.717, 1.165) is 17.9 Å². The van der Waals surface area contributed by atoms with Crippen molar-refractivity contribution in [1.82, 2.24) is 15.8 Å². The Morgan fingerprint density at radius 1 is 0.871 bits per heavy atom. The number of carbonyl (C=O) groups is 3. The molecule has 0 fully saturated rings. The van der Waals surface area contributed by atoms with Gasteiger partial charge in [0.15, 0.2) is 0 Å². The van der Waals surface area contributed by atoms with Crippen molar-refractivity contribution < 1.29 is 14.4 Å². The monoisotopic (exact) mass is 454 g/mol. The van der Waals surface area contributed by atoms with E-state index in [-0.39, 0.29) is 31.4 Å². The van der Waals surface area contributed by atoms with Crippen LogP contribution < -0.4 is 16.5 Å². The Morgan fingerprint density at radius 3 is 1.97 bits per heavy atom. The van der Waals surface area contributed by atoms with E-state index in [1.807, 2.05) is 0 Å². The molecular weight excluding hydrogens is 416 g/mol. The van der Waals surface area contributed by atoms with Crippen LogP contribution in [-0.2, 0) is 9.59 Å². The molecule has 0 aromatic heterocycles. The fourth-order valence-electron chi connectivity index (χ4n) is 3.12. The van der Waals surface area contributed by atoms with Crippen molar-refractivity contribution in [3.8, 4) is 0 Å². The predicted octanol–water partition coefficient (Wildman–Crippen LogP) is 3.58. The van der Waals surface area contributed by atoms with E-state index in [9.17, 15) is 14.4 Å². The summed E-state index contributed by atoms with van der Waals surface area (Å²) in [5.41, 5.74) is 8.27. The number of benzene rings is 1. The second kappa shape index (κ2) is 18.6. The van der Waals surface area contributed by atoms with E-state index in [0.29, 0.717) is 12.1 Å². The van der Waals surface area contributed by atoms with Gasteiger partial charge in [0, 0.05) is 12.1 Å². The lowest BCUT2D eigenvalue weighted by Crippen LogP contribution is -2.52. The molecule has 0 radical (unpaired) electrons. The second-order valence-electron chi connectivity index (χ2n) is 7.52. The normalized spacial score (nSPS) is 10.1. The first kappa shape index (κ1) is 28.9. The number of hydrogen-bond acceptors (Lipinski definition) is 4. The van der Waals surface area contributed by atoms with Crippen molar-refractivity contribution >= 4 is 30.1 Å². The van der Waals surface area contributed by atoms with Crippen LogP contribution in [0.25, 0.3) is 0 Å². The van der Waals surface area contributed by atoms with Crippen LogP contribution in [-0.4, -0.2) is 42.4 Å². The lowest BCUT2D eigenvalue weighted by atomic mass is 10.1. The zero-order chi connectivity index (χ0) is 22.0. The first-order chi connectivity index (χ1) is 14.6. The standard InChI is InChI=1S/C23H38N4O3.ClH/c1-2-3-4-5-6-7-8-9-10-14-17-25-21(28)19-27(22(29)18-24)26-23(30)20-15-12-11-13-16-20;/h11-13,15-16H,2-10,14,17-19,24H2,1H3,(H,25,28)(H,26,30);1H. The average Bonchev–Trinajstić information content (AvgIpc) is 2.77. The maximum atomic E-state index is 12.2. The number of nitrogens with zero attached hydrogens (tertiary/aromatic N) is 1. The fraction of sp³-hybridized carbons (Fsp3) is 0.609. The Hall–Kier alpha value is -2.12. The molecule has 7 nitrogen and oxygen atoms in total. The van der Waals surface area contributed by atoms with Crippen LogP contribution in [0.15, 0.2) is 30.3 Å². The lowest BCUT2D eigenvalue weighted by Gasteiger charge is -2.22. The quantitative estimate of drug-likeness (QED) is 0.278. The molecule has 0 aliphatic heterocycles. The molecule has 0 saturated carbocycles. The lowest BCUT2D eigenvalue weighted by molar-refractivity contribution is -0.137. The molecule has 31 heavy (non-hydrogen) atoms. The summed E-state index contributed by atoms with van der Waals surface area (Å²) < 4.78 is 0. The van der Waals surface area contributed by atoms with E-state index in [2.05, 4.69) is 17.7 Å². The van der Waals surface area contributed by atoms with Crippen molar-refractivity contribution in [2.45, 2.75) is 71.1 Å². The van der Waals surface area contributed by atoms with Crippen LogP contribution >= 0.6 is 12.4 Å². The number of hydrogen-bond donors (Lipinski definition) is 3. The maximum Gasteiger partial charge on any atom is 0.269 e. The van der Waals surface area contributed by atoms with Crippen LogP contribution in [0.4, 0.5) is 0 Å². The second-order valence-corrected chi connectivity index (χ2v) is 7.52. The van der Waals surface area contributed by atoms with Gasteiger partial charge in [-0.1, -0.05) is 82.9 Å². The third kappa shape index (κ3) is 13.7. The molecule has 4 N–H and O–H groups in total. The van der Waals surface area contributed by atoms with Gasteiger partial charge in [0.1, 0.15) is 6.54 Å². The van der Waals surface area contributed by atoms with Crippen molar-refractivity contribution in [1.29, 1.82) is 0 Å². The molecule has 0 heterocycles. The molecule has 8 heteroatoms. The highest BCUT2D eigenvalue weighted by Crippen LogP contribution is 2.10. The molecule has 1 aromatic rings. The number of nitrogens with one attached hydrogen (secondary N) is 2. The van der Waals surface area contributed by atoms with E-state index >= 15 is 0 Å². The number of carbonyl (C=O) groups excluding carboxylic acids is 3. The fourth-order valence-corrected chi connectivity index (χ4v) is 3.12. The summed E-state index contributed by atoms with van der Waals surface area (Å²) in [4.78, 5) is 36.4. The zero-order valence-corrected chi connectivity index (χ0v) is 19.6. The molecule has 1 aromatic carbocycles. The Labute approximate surface area is 192 Å². The molecule has 0 atom stereocenters. The first-order valence-corrected chi connectivity index (χ1v) is 11.2. The van der Waals surface area contributed by atoms with Gasteiger partial charge in [-0.25, -0.2) is 5.01 Å². The van der Waals surface area contributed by atoms with Gasteiger partial charge in [-0.2, -0.15) is 0 Å². The van der Waals surface area contributed by atoms with Gasteiger partial charge < -0.3 is 11.1 Å². The Kier molecular flexibility index (Phi) is 17.4. The summed E-state index contributed by atoms with van der Waals surface area (Å²) in [6.45, 7) is 2.24. The van der Waals surface area contributed by atoms with Crippen LogP contribution in [0.5, 0.6) is 0 Å². The van der Waals surface area contributed by atoms with Crippen molar-refractivity contribution in [3.63, 3.8) is 0 Å². The van der Waals surface area contributed by atoms with Gasteiger partial charge in [0.25, 0.3) is 11.8 Å². The summed E-state index contributed by atoms with van der Waals surface area (Å²) in [6, 6.07) is 8.50. The molecule has 0 unspecified atom stereocenters. The van der Waals surface area contributed by atoms with Crippen LogP contribution in [0, 0.1) is 0 Å². The Morgan fingerprint density at radius 2 is 1.42 bits per heavy atom. The number of amides is 3. The minimum absolute atomic E-state index is 0. The highest BCUT2D eigenvalue weighted by atomic mass is 35.5. The van der Waals surface area contributed by atoms with Crippen LogP contribution in [0.3, 0.4) is 0 Å². The maximum absolute atomic E-state index is 12.2. The molecule has 0 bridgehead atoms. The van der Waals surface area contributed by atoms with Gasteiger partial charge in [-0.05, 0) is 18.6 Å². The summed E-state index contributed by atoms with van der Waals surface area (Å²) in [6.07, 6.45) is 12.3. The average molecular weight is 455 g/mol. The Balaban J connectivity index is 0.00000900. The highest BCUT2D eigenvalue weighted by molar-refractivity contribution is 5.96. The van der Waals surface area contributed by atoms with E-state index in [1.165, 1.54) is 51.4 Å². The molecule has 0 aliphatic rings. The van der Waals surface area contributed by atoms with Crippen molar-refractivity contribution in [2.75, 3.05) is 19.6 Å². The van der Waals surface area contributed by atoms with Gasteiger partial charge >= 0.3 is 0 Å². The summed E-state index contributed by atoms with van der Waals surface area (Å²) in [7, 11) is 0. The summed E-state index contributed by atoms with van der Waals surface area (Å²) >= 11 is 0. The van der Waals surface area contributed by atoms with Crippen molar-refractivity contribution in [3.05, 3.63) is 35.9 Å². The third-order valence-electron chi connectivity index (χ3n) is 4.90. The molecule has 0 aliphatic carbocycles. The van der Waals surface area contributed by atoms with E-state index in [4.69, 9.17) is 5.73 Å². The molecular formula is C23H39ClN4O3. The molecule has 3 amide bonds. The van der Waals surface area contributed by atoms with Gasteiger partial charge in [-0.3, -0.25) is 19.8 Å². The molecule has 0 saturated heterocycles. The smallest absolute Gasteiger partial charge is 0.269 e. The summed E-state index contributed by atoms with van der Waals surface area (Å²) in [5, 5.41) is 3.78. The molecule has 1 rings (SSSR count). The highest BCUT2D eigenvalue weighted by Gasteiger charge is 2.19.